The molecule has 0 fully saturated rings. The van der Waals surface area contributed by atoms with Gasteiger partial charge in [0.1, 0.15) is 11.9 Å². The second-order valence-electron chi connectivity index (χ2n) is 6.85. The summed E-state index contributed by atoms with van der Waals surface area (Å²) < 4.78 is 3.23. The van der Waals surface area contributed by atoms with Gasteiger partial charge in [0.2, 0.25) is 5.91 Å². The van der Waals surface area contributed by atoms with Gasteiger partial charge in [0.05, 0.1) is 45.1 Å². The van der Waals surface area contributed by atoms with Crippen LogP contribution in [0.15, 0.2) is 24.4 Å². The topological polar surface area (TPSA) is 108 Å². The number of anilines is 1. The highest BCUT2D eigenvalue weighted by Gasteiger charge is 2.18. The Morgan fingerprint density at radius 1 is 1.17 bits per heavy atom. The maximum Gasteiger partial charge on any atom is 0.309 e. The van der Waals surface area contributed by atoms with Crippen LogP contribution in [0.1, 0.15) is 29.1 Å². The normalized spacial score (nSPS) is 11.0. The van der Waals surface area contributed by atoms with Crippen molar-refractivity contribution in [3.05, 3.63) is 67.2 Å². The Morgan fingerprint density at radius 2 is 1.90 bits per heavy atom. The lowest BCUT2D eigenvalue weighted by Crippen LogP contribution is -2.16. The Morgan fingerprint density at radius 3 is 2.53 bits per heavy atom. The van der Waals surface area contributed by atoms with E-state index >= 15 is 0 Å². The van der Waals surface area contributed by atoms with Crippen molar-refractivity contribution in [2.75, 3.05) is 5.32 Å². The summed E-state index contributed by atoms with van der Waals surface area (Å²) in [4.78, 5) is 22.9. The van der Waals surface area contributed by atoms with Crippen molar-refractivity contribution in [1.82, 2.24) is 19.6 Å². The lowest BCUT2D eigenvalue weighted by Gasteiger charge is -2.08. The van der Waals surface area contributed by atoms with Gasteiger partial charge in [-0.15, -0.1) is 0 Å². The molecule has 2 heterocycles. The zero-order valence-corrected chi connectivity index (χ0v) is 18.2. The second kappa shape index (κ2) is 8.85. The monoisotopic (exact) mass is 450 g/mol. The molecule has 1 amide bonds. The summed E-state index contributed by atoms with van der Waals surface area (Å²) in [5.74, 6) is -0.229. The summed E-state index contributed by atoms with van der Waals surface area (Å²) in [7, 11) is 0. The molecule has 0 unspecified atom stereocenters. The van der Waals surface area contributed by atoms with Crippen molar-refractivity contribution in [2.45, 2.75) is 40.3 Å². The minimum absolute atomic E-state index is 0.0642. The number of aryl methyl sites for hydroxylation is 2. The fraction of sp³-hybridized carbons (Fsp3) is 0.316. The third-order valence-corrected chi connectivity index (χ3v) is 5.53. The summed E-state index contributed by atoms with van der Waals surface area (Å²) in [5.41, 5.74) is 3.41. The molecule has 0 aliphatic rings. The predicted octanol–water partition coefficient (Wildman–Crippen LogP) is 4.30. The van der Waals surface area contributed by atoms with E-state index in [1.54, 1.807) is 23.7 Å². The van der Waals surface area contributed by atoms with Gasteiger partial charge >= 0.3 is 5.69 Å². The van der Waals surface area contributed by atoms with E-state index in [1.165, 1.54) is 10.9 Å². The number of hydrogen-bond donors (Lipinski definition) is 1. The third-order valence-electron chi connectivity index (χ3n) is 4.79. The molecule has 3 aromatic rings. The number of rotatable bonds is 7. The van der Waals surface area contributed by atoms with Crippen LogP contribution in [0.3, 0.4) is 0 Å². The van der Waals surface area contributed by atoms with Crippen molar-refractivity contribution < 1.29 is 9.72 Å². The first-order valence-corrected chi connectivity index (χ1v) is 9.87. The molecule has 0 bridgehead atoms. The van der Waals surface area contributed by atoms with E-state index in [2.05, 4.69) is 15.5 Å². The van der Waals surface area contributed by atoms with Crippen LogP contribution in [0.5, 0.6) is 0 Å². The Kier molecular flexibility index (Phi) is 6.42. The molecule has 11 heteroatoms. The van der Waals surface area contributed by atoms with Gasteiger partial charge in [-0.2, -0.15) is 10.2 Å². The Bertz CT molecular complexity index is 1120. The summed E-state index contributed by atoms with van der Waals surface area (Å²) >= 11 is 12.0. The van der Waals surface area contributed by atoms with Crippen molar-refractivity contribution in [2.24, 2.45) is 0 Å². The van der Waals surface area contributed by atoms with E-state index in [1.807, 2.05) is 19.9 Å². The van der Waals surface area contributed by atoms with Gasteiger partial charge in [0.25, 0.3) is 0 Å². The summed E-state index contributed by atoms with van der Waals surface area (Å²) in [6.07, 6.45) is 1.31. The molecular weight excluding hydrogens is 431 g/mol. The molecule has 30 heavy (non-hydrogen) atoms. The zero-order chi connectivity index (χ0) is 22.0. The molecule has 2 aromatic heterocycles. The highest BCUT2D eigenvalue weighted by atomic mass is 35.5. The number of hydrogen-bond acceptors (Lipinski definition) is 5. The molecule has 1 N–H and O–H groups in total. The molecular formula is C19H20Cl2N6O3. The number of halogens is 2. The number of amides is 1. The molecule has 0 aliphatic carbocycles. The summed E-state index contributed by atoms with van der Waals surface area (Å²) in [6, 6.07) is 5.38. The van der Waals surface area contributed by atoms with Crippen LogP contribution in [0.4, 0.5) is 11.4 Å². The predicted molar refractivity (Wildman–Crippen MR) is 114 cm³/mol. The SMILES string of the molecule is Cc1nn(Cc2ccc(Cl)c(Cl)c2)c(C)c1NC(=O)CCn1ncc([N+](=O)[O-])c1C. The minimum atomic E-state index is -0.492. The van der Waals surface area contributed by atoms with E-state index in [0.29, 0.717) is 33.7 Å². The highest BCUT2D eigenvalue weighted by molar-refractivity contribution is 6.42. The zero-order valence-electron chi connectivity index (χ0n) is 16.6. The van der Waals surface area contributed by atoms with Gasteiger partial charge in [0.15, 0.2) is 0 Å². The fourth-order valence-electron chi connectivity index (χ4n) is 3.09. The number of nitrogens with zero attached hydrogens (tertiary/aromatic N) is 5. The number of nitro groups is 1. The first-order valence-electron chi connectivity index (χ1n) is 9.12. The van der Waals surface area contributed by atoms with E-state index in [4.69, 9.17) is 23.2 Å². The van der Waals surface area contributed by atoms with Gasteiger partial charge < -0.3 is 5.32 Å². The number of nitrogens with one attached hydrogen (secondary N) is 1. The van der Waals surface area contributed by atoms with Crippen molar-refractivity contribution in [1.29, 1.82) is 0 Å². The molecule has 0 radical (unpaired) electrons. The third kappa shape index (κ3) is 4.63. The highest BCUT2D eigenvalue weighted by Crippen LogP contribution is 2.25. The van der Waals surface area contributed by atoms with Gasteiger partial charge in [-0.1, -0.05) is 29.3 Å². The average Bonchev–Trinajstić information content (AvgIpc) is 3.18. The first kappa shape index (κ1) is 21.8. The van der Waals surface area contributed by atoms with Gasteiger partial charge in [-0.25, -0.2) is 0 Å². The number of carbonyl (C=O) groups is 1. The summed E-state index contributed by atoms with van der Waals surface area (Å²) in [5, 5.41) is 23.2. The Balaban J connectivity index is 1.67. The fourth-order valence-corrected chi connectivity index (χ4v) is 3.41. The Labute approximate surface area is 182 Å². The number of benzene rings is 1. The molecule has 9 nitrogen and oxygen atoms in total. The van der Waals surface area contributed by atoms with Crippen LogP contribution >= 0.6 is 23.2 Å². The molecule has 0 spiro atoms. The van der Waals surface area contributed by atoms with Crippen molar-refractivity contribution in [3.8, 4) is 0 Å². The van der Waals surface area contributed by atoms with Crippen LogP contribution < -0.4 is 5.32 Å². The molecule has 0 atom stereocenters. The summed E-state index contributed by atoms with van der Waals surface area (Å²) in [6.45, 7) is 6.00. The van der Waals surface area contributed by atoms with Gasteiger partial charge in [-0.3, -0.25) is 24.3 Å². The first-order chi connectivity index (χ1) is 14.2. The second-order valence-corrected chi connectivity index (χ2v) is 7.66. The van der Waals surface area contributed by atoms with E-state index in [9.17, 15) is 14.9 Å². The number of carbonyl (C=O) groups excluding carboxylic acids is 1. The van der Waals surface area contributed by atoms with Gasteiger partial charge in [-0.05, 0) is 38.5 Å². The lowest BCUT2D eigenvalue weighted by molar-refractivity contribution is -0.385. The van der Waals surface area contributed by atoms with Crippen LogP contribution in [0.2, 0.25) is 10.0 Å². The molecule has 0 aliphatic heterocycles. The smallest absolute Gasteiger partial charge is 0.309 e. The molecule has 0 saturated heterocycles. The van der Waals surface area contributed by atoms with Crippen molar-refractivity contribution in [3.63, 3.8) is 0 Å². The maximum absolute atomic E-state index is 12.4. The number of aromatic nitrogens is 4. The molecule has 0 saturated carbocycles. The maximum atomic E-state index is 12.4. The molecule has 158 valence electrons. The van der Waals surface area contributed by atoms with Gasteiger partial charge in [0, 0.05) is 6.42 Å². The lowest BCUT2D eigenvalue weighted by atomic mass is 10.2. The largest absolute Gasteiger partial charge is 0.323 e. The molecule has 3 rings (SSSR count). The van der Waals surface area contributed by atoms with E-state index in [0.717, 1.165) is 11.3 Å². The minimum Gasteiger partial charge on any atom is -0.323 e. The standard InChI is InChI=1S/C19H20Cl2N6O3/c1-11-19(13(3)26(24-11)10-14-4-5-15(20)16(21)8-14)23-18(28)6-7-25-12(2)17(9-22-25)27(29)30/h4-5,8-9H,6-7,10H2,1-3H3,(H,23,28). The average molecular weight is 451 g/mol. The van der Waals surface area contributed by atoms with Crippen molar-refractivity contribution >= 4 is 40.5 Å². The van der Waals surface area contributed by atoms with E-state index < -0.39 is 4.92 Å². The molecule has 1 aromatic carbocycles. The van der Waals surface area contributed by atoms with Crippen LogP contribution in [-0.4, -0.2) is 30.4 Å². The van der Waals surface area contributed by atoms with E-state index in [-0.39, 0.29) is 24.6 Å². The van der Waals surface area contributed by atoms with Crippen LogP contribution in [-0.2, 0) is 17.9 Å². The quantitative estimate of drug-likeness (QED) is 0.426. The van der Waals surface area contributed by atoms with Crippen LogP contribution in [0.25, 0.3) is 0 Å². The van der Waals surface area contributed by atoms with Crippen LogP contribution in [0, 0.1) is 30.9 Å². The Hall–Kier alpha value is -2.91.